The van der Waals surface area contributed by atoms with Crippen molar-refractivity contribution < 1.29 is 23.9 Å². The van der Waals surface area contributed by atoms with Gasteiger partial charge in [-0.2, -0.15) is 0 Å². The number of aryl methyl sites for hydroxylation is 2. The third kappa shape index (κ3) is 6.16. The molecule has 2 rings (SSSR count). The minimum Gasteiger partial charge on any atom is -0.456 e. The van der Waals surface area contributed by atoms with E-state index in [0.29, 0.717) is 16.8 Å². The molecule has 0 fully saturated rings. The Kier molecular flexibility index (Phi) is 7.21. The van der Waals surface area contributed by atoms with Crippen LogP contribution in [0.5, 0.6) is 0 Å². The van der Waals surface area contributed by atoms with Gasteiger partial charge in [0, 0.05) is 23.2 Å². The van der Waals surface area contributed by atoms with Crippen LogP contribution in [-0.2, 0) is 14.3 Å². The van der Waals surface area contributed by atoms with Gasteiger partial charge in [0.15, 0.2) is 18.2 Å². The summed E-state index contributed by atoms with van der Waals surface area (Å²) < 4.78 is 4.91. The number of benzene rings is 2. The van der Waals surface area contributed by atoms with E-state index in [2.05, 4.69) is 5.32 Å². The molecule has 28 heavy (non-hydrogen) atoms. The second-order valence-electron chi connectivity index (χ2n) is 6.57. The highest BCUT2D eigenvalue weighted by Gasteiger charge is 2.13. The van der Waals surface area contributed by atoms with Crippen molar-refractivity contribution in [1.82, 2.24) is 0 Å². The number of hydrogen-bond acceptors (Lipinski definition) is 5. The highest BCUT2D eigenvalue weighted by Crippen LogP contribution is 2.13. The second-order valence-corrected chi connectivity index (χ2v) is 6.57. The van der Waals surface area contributed by atoms with E-state index in [4.69, 9.17) is 4.74 Å². The van der Waals surface area contributed by atoms with Crippen LogP contribution in [0.25, 0.3) is 0 Å². The maximum Gasteiger partial charge on any atom is 0.306 e. The molecule has 0 unspecified atom stereocenters. The minimum absolute atomic E-state index is 0.0175. The topological polar surface area (TPSA) is 89.5 Å². The van der Waals surface area contributed by atoms with Crippen LogP contribution in [0.2, 0.25) is 0 Å². The fourth-order valence-corrected chi connectivity index (χ4v) is 2.51. The Labute approximate surface area is 163 Å². The second kappa shape index (κ2) is 9.60. The molecular weight excluding hydrogens is 358 g/mol. The quantitative estimate of drug-likeness (QED) is 0.557. The molecule has 0 aliphatic carbocycles. The summed E-state index contributed by atoms with van der Waals surface area (Å²) in [4.78, 5) is 47.2. The fourth-order valence-electron chi connectivity index (χ4n) is 2.51. The number of rotatable bonds is 8. The number of esters is 1. The molecule has 0 atom stereocenters. The van der Waals surface area contributed by atoms with Crippen LogP contribution in [0.3, 0.4) is 0 Å². The highest BCUT2D eigenvalue weighted by molar-refractivity contribution is 5.99. The van der Waals surface area contributed by atoms with Crippen molar-refractivity contribution in [2.75, 3.05) is 11.9 Å². The molecule has 0 aliphatic rings. The molecule has 0 aliphatic heterocycles. The number of hydrogen-bond donors (Lipinski definition) is 1. The van der Waals surface area contributed by atoms with E-state index in [-0.39, 0.29) is 24.4 Å². The van der Waals surface area contributed by atoms with E-state index in [1.165, 1.54) is 6.92 Å². The zero-order valence-corrected chi connectivity index (χ0v) is 16.2. The zero-order chi connectivity index (χ0) is 20.7. The first-order chi connectivity index (χ1) is 13.3. The molecule has 6 nitrogen and oxygen atoms in total. The number of carbonyl (C=O) groups is 4. The molecule has 0 bridgehead atoms. The predicted octanol–water partition coefficient (Wildman–Crippen LogP) is 3.65. The normalized spacial score (nSPS) is 10.2. The summed E-state index contributed by atoms with van der Waals surface area (Å²) in [5.41, 5.74) is 3.58. The number of carbonyl (C=O) groups excluding carboxylic acids is 4. The standard InChI is InChI=1S/C22H23NO5/c1-14-7-8-18(11-15(14)2)20(25)9-10-22(27)28-13-21(26)23-19-6-4-5-17(12-19)16(3)24/h4-8,11-12H,9-10,13H2,1-3H3,(H,23,26). The summed E-state index contributed by atoms with van der Waals surface area (Å²) in [6, 6.07) is 11.9. The molecule has 0 saturated carbocycles. The maximum absolute atomic E-state index is 12.2. The van der Waals surface area contributed by atoms with Crippen LogP contribution in [0.1, 0.15) is 51.6 Å². The molecule has 1 amide bonds. The first kappa shape index (κ1) is 21.0. The van der Waals surface area contributed by atoms with Gasteiger partial charge in [-0.25, -0.2) is 0 Å². The van der Waals surface area contributed by atoms with Crippen molar-refractivity contribution in [3.05, 3.63) is 64.7 Å². The predicted molar refractivity (Wildman–Crippen MR) is 106 cm³/mol. The summed E-state index contributed by atoms with van der Waals surface area (Å²) >= 11 is 0. The molecule has 0 saturated heterocycles. The monoisotopic (exact) mass is 381 g/mol. The average molecular weight is 381 g/mol. The van der Waals surface area contributed by atoms with Crippen LogP contribution >= 0.6 is 0 Å². The first-order valence-electron chi connectivity index (χ1n) is 8.93. The Bertz CT molecular complexity index is 917. The molecule has 146 valence electrons. The van der Waals surface area contributed by atoms with Gasteiger partial charge in [-0.3, -0.25) is 19.2 Å². The van der Waals surface area contributed by atoms with E-state index in [1.807, 2.05) is 19.9 Å². The van der Waals surface area contributed by atoms with Gasteiger partial charge in [0.2, 0.25) is 0 Å². The van der Waals surface area contributed by atoms with E-state index < -0.39 is 18.5 Å². The van der Waals surface area contributed by atoms with Crippen molar-refractivity contribution in [2.45, 2.75) is 33.6 Å². The largest absolute Gasteiger partial charge is 0.456 e. The van der Waals surface area contributed by atoms with Crippen LogP contribution in [0.4, 0.5) is 5.69 Å². The Morgan fingerprint density at radius 1 is 0.893 bits per heavy atom. The van der Waals surface area contributed by atoms with Gasteiger partial charge in [0.1, 0.15) is 0 Å². The van der Waals surface area contributed by atoms with Gasteiger partial charge < -0.3 is 10.1 Å². The number of anilines is 1. The molecule has 1 N–H and O–H groups in total. The minimum atomic E-state index is -0.621. The maximum atomic E-state index is 12.2. The van der Waals surface area contributed by atoms with Crippen molar-refractivity contribution in [1.29, 1.82) is 0 Å². The number of ether oxygens (including phenoxy) is 1. The van der Waals surface area contributed by atoms with Crippen molar-refractivity contribution >= 4 is 29.1 Å². The summed E-state index contributed by atoms with van der Waals surface area (Å²) in [6.07, 6.45) is -0.0809. The van der Waals surface area contributed by atoms with Crippen molar-refractivity contribution in [2.24, 2.45) is 0 Å². The SMILES string of the molecule is CC(=O)c1cccc(NC(=O)COC(=O)CCC(=O)c2ccc(C)c(C)c2)c1. The molecule has 0 aromatic heterocycles. The molecule has 2 aromatic rings. The van der Waals surface area contributed by atoms with Crippen molar-refractivity contribution in [3.8, 4) is 0 Å². The summed E-state index contributed by atoms with van der Waals surface area (Å²) in [7, 11) is 0. The lowest BCUT2D eigenvalue weighted by atomic mass is 10.0. The fraction of sp³-hybridized carbons (Fsp3) is 0.273. The Morgan fingerprint density at radius 2 is 1.64 bits per heavy atom. The van der Waals surface area contributed by atoms with Gasteiger partial charge in [0.05, 0.1) is 6.42 Å². The van der Waals surface area contributed by atoms with Gasteiger partial charge >= 0.3 is 5.97 Å². The number of amides is 1. The number of nitrogens with one attached hydrogen (secondary N) is 1. The first-order valence-corrected chi connectivity index (χ1v) is 8.93. The highest BCUT2D eigenvalue weighted by atomic mass is 16.5. The molecule has 0 radical (unpaired) electrons. The summed E-state index contributed by atoms with van der Waals surface area (Å²) in [6.45, 7) is 4.86. The third-order valence-corrected chi connectivity index (χ3v) is 4.30. The van der Waals surface area contributed by atoms with E-state index in [9.17, 15) is 19.2 Å². The number of ketones is 2. The lowest BCUT2D eigenvalue weighted by molar-refractivity contribution is -0.147. The summed E-state index contributed by atoms with van der Waals surface area (Å²) in [5, 5.41) is 2.56. The zero-order valence-electron chi connectivity index (χ0n) is 16.2. The molecule has 0 spiro atoms. The van der Waals surface area contributed by atoms with Crippen molar-refractivity contribution in [3.63, 3.8) is 0 Å². The van der Waals surface area contributed by atoms with E-state index in [0.717, 1.165) is 11.1 Å². The lowest BCUT2D eigenvalue weighted by Crippen LogP contribution is -2.21. The summed E-state index contributed by atoms with van der Waals surface area (Å²) in [5.74, 6) is -1.40. The van der Waals surface area contributed by atoms with E-state index >= 15 is 0 Å². The van der Waals surface area contributed by atoms with Gasteiger partial charge in [-0.15, -0.1) is 0 Å². The molecule has 2 aromatic carbocycles. The molecular formula is C22H23NO5. The van der Waals surface area contributed by atoms with Gasteiger partial charge in [-0.05, 0) is 50.1 Å². The smallest absolute Gasteiger partial charge is 0.306 e. The molecule has 0 heterocycles. The van der Waals surface area contributed by atoms with Gasteiger partial charge in [0.25, 0.3) is 5.91 Å². The third-order valence-electron chi connectivity index (χ3n) is 4.30. The molecule has 6 heteroatoms. The number of Topliss-reactive ketones (excluding diaryl/α,β-unsaturated/α-hetero) is 2. The van der Waals surface area contributed by atoms with Crippen LogP contribution < -0.4 is 5.32 Å². The van der Waals surface area contributed by atoms with Crippen LogP contribution in [0.15, 0.2) is 42.5 Å². The Hall–Kier alpha value is -3.28. The Balaban J connectivity index is 1.78. The van der Waals surface area contributed by atoms with E-state index in [1.54, 1.807) is 36.4 Å². The van der Waals surface area contributed by atoms with Crippen LogP contribution in [0, 0.1) is 13.8 Å². The van der Waals surface area contributed by atoms with Gasteiger partial charge in [-0.1, -0.05) is 24.3 Å². The average Bonchev–Trinajstić information content (AvgIpc) is 2.66. The Morgan fingerprint density at radius 3 is 2.32 bits per heavy atom. The van der Waals surface area contributed by atoms with Crippen LogP contribution in [-0.4, -0.2) is 30.0 Å². The lowest BCUT2D eigenvalue weighted by Gasteiger charge is -2.08.